The first kappa shape index (κ1) is 51.8. The molecule has 10 nitrogen and oxygen atoms in total. The SMILES string of the molecule is CC(=O)OCCN(C)CCCCCCCCCCCOC(=O)CCCCCCCCCCC(=O)OCCCCCCCCCCCN(C)CCOC(C)=O. The lowest BCUT2D eigenvalue weighted by Gasteiger charge is -2.15. The van der Waals surface area contributed by atoms with E-state index >= 15 is 0 Å². The quantitative estimate of drug-likeness (QED) is 0.0339. The minimum Gasteiger partial charge on any atom is -0.466 e. The first-order chi connectivity index (χ1) is 26.2. The van der Waals surface area contributed by atoms with Crippen LogP contribution >= 0.6 is 0 Å². The molecule has 0 atom stereocenters. The molecule has 0 aromatic heterocycles. The van der Waals surface area contributed by atoms with Crippen molar-refractivity contribution in [3.8, 4) is 0 Å². The van der Waals surface area contributed by atoms with Crippen molar-refractivity contribution < 1.29 is 38.1 Å². The zero-order chi connectivity index (χ0) is 39.7. The number of likely N-dealkylation sites (N-methyl/N-ethyl adjacent to an activating group) is 2. The number of hydrogen-bond donors (Lipinski definition) is 0. The zero-order valence-corrected chi connectivity index (χ0v) is 35.6. The molecule has 0 N–H and O–H groups in total. The van der Waals surface area contributed by atoms with Crippen molar-refractivity contribution in [3.63, 3.8) is 0 Å². The molecule has 0 heterocycles. The summed E-state index contributed by atoms with van der Waals surface area (Å²) in [5, 5.41) is 0. The number of esters is 4. The monoisotopic (exact) mass is 769 g/mol. The van der Waals surface area contributed by atoms with Crippen LogP contribution in [0.5, 0.6) is 0 Å². The van der Waals surface area contributed by atoms with Crippen LogP contribution in [0.25, 0.3) is 0 Å². The van der Waals surface area contributed by atoms with Crippen LogP contribution in [-0.4, -0.2) is 100 Å². The second-order valence-corrected chi connectivity index (χ2v) is 15.4. The molecular formula is C44H84N2O8. The molecule has 0 aliphatic carbocycles. The van der Waals surface area contributed by atoms with Crippen LogP contribution in [0.15, 0.2) is 0 Å². The summed E-state index contributed by atoms with van der Waals surface area (Å²) in [5.74, 6) is -0.517. The second kappa shape index (κ2) is 40.5. The summed E-state index contributed by atoms with van der Waals surface area (Å²) in [6.07, 6.45) is 31.5. The Morgan fingerprint density at radius 1 is 0.315 bits per heavy atom. The molecule has 10 heteroatoms. The summed E-state index contributed by atoms with van der Waals surface area (Å²) >= 11 is 0. The van der Waals surface area contributed by atoms with E-state index in [4.69, 9.17) is 18.9 Å². The molecule has 0 saturated heterocycles. The highest BCUT2D eigenvalue weighted by molar-refractivity contribution is 5.69. The summed E-state index contributed by atoms with van der Waals surface area (Å²) in [5.41, 5.74) is 0. The van der Waals surface area contributed by atoms with Gasteiger partial charge in [0.15, 0.2) is 0 Å². The maximum absolute atomic E-state index is 12.0. The predicted octanol–water partition coefficient (Wildman–Crippen LogP) is 9.99. The van der Waals surface area contributed by atoms with Gasteiger partial charge in [-0.1, -0.05) is 128 Å². The van der Waals surface area contributed by atoms with E-state index in [1.807, 2.05) is 0 Å². The fraction of sp³-hybridized carbons (Fsp3) is 0.909. The lowest BCUT2D eigenvalue weighted by Crippen LogP contribution is -2.25. The van der Waals surface area contributed by atoms with Gasteiger partial charge in [0.05, 0.1) is 13.2 Å². The molecule has 0 radical (unpaired) electrons. The second-order valence-electron chi connectivity index (χ2n) is 15.4. The summed E-state index contributed by atoms with van der Waals surface area (Å²) in [7, 11) is 4.15. The Bertz CT molecular complexity index is 817. The zero-order valence-electron chi connectivity index (χ0n) is 35.6. The van der Waals surface area contributed by atoms with Crippen molar-refractivity contribution >= 4 is 23.9 Å². The largest absolute Gasteiger partial charge is 0.466 e. The number of unbranched alkanes of at least 4 members (excludes halogenated alkanes) is 23. The van der Waals surface area contributed by atoms with Crippen molar-refractivity contribution in [1.82, 2.24) is 9.80 Å². The van der Waals surface area contributed by atoms with Crippen molar-refractivity contribution in [2.75, 3.05) is 66.7 Å². The van der Waals surface area contributed by atoms with Gasteiger partial charge < -0.3 is 28.7 Å². The first-order valence-electron chi connectivity index (χ1n) is 22.2. The number of nitrogens with zero attached hydrogens (tertiary/aromatic N) is 2. The van der Waals surface area contributed by atoms with Gasteiger partial charge in [-0.2, -0.15) is 0 Å². The number of rotatable bonds is 41. The van der Waals surface area contributed by atoms with E-state index in [0.717, 1.165) is 90.4 Å². The summed E-state index contributed by atoms with van der Waals surface area (Å²) in [4.78, 5) is 50.1. The summed E-state index contributed by atoms with van der Waals surface area (Å²) in [6, 6.07) is 0. The maximum atomic E-state index is 12.0. The lowest BCUT2D eigenvalue weighted by molar-refractivity contribution is -0.144. The summed E-state index contributed by atoms with van der Waals surface area (Å²) < 4.78 is 20.8. The van der Waals surface area contributed by atoms with Gasteiger partial charge in [0.2, 0.25) is 0 Å². The van der Waals surface area contributed by atoms with E-state index in [2.05, 4.69) is 23.9 Å². The molecule has 0 bridgehead atoms. The van der Waals surface area contributed by atoms with Crippen LogP contribution in [0, 0.1) is 0 Å². The van der Waals surface area contributed by atoms with E-state index in [1.54, 1.807) is 0 Å². The third-order valence-corrected chi connectivity index (χ3v) is 9.96. The minimum absolute atomic E-state index is 0.0484. The molecule has 0 amide bonds. The average Bonchev–Trinajstić information content (AvgIpc) is 3.12. The van der Waals surface area contributed by atoms with E-state index in [0.29, 0.717) is 39.3 Å². The molecule has 0 unspecified atom stereocenters. The Morgan fingerprint density at radius 2 is 0.574 bits per heavy atom. The third-order valence-electron chi connectivity index (χ3n) is 9.96. The van der Waals surface area contributed by atoms with Gasteiger partial charge >= 0.3 is 23.9 Å². The smallest absolute Gasteiger partial charge is 0.305 e. The van der Waals surface area contributed by atoms with Gasteiger partial charge in [-0.05, 0) is 65.7 Å². The van der Waals surface area contributed by atoms with Crippen molar-refractivity contribution in [3.05, 3.63) is 0 Å². The molecule has 54 heavy (non-hydrogen) atoms. The topological polar surface area (TPSA) is 112 Å². The molecule has 0 aromatic carbocycles. The number of carbonyl (C=O) groups is 4. The van der Waals surface area contributed by atoms with E-state index < -0.39 is 0 Å². The molecule has 0 spiro atoms. The highest BCUT2D eigenvalue weighted by Gasteiger charge is 2.05. The Hall–Kier alpha value is -2.20. The standard InChI is InChI=1S/C44H84N2O8/c1-41(47)51-39-35-45(3)33-27-21-15-9-5-11-17-23-29-37-53-43(49)31-25-19-13-7-8-14-20-26-32-44(50)54-38-30-24-18-12-6-10-16-22-28-34-46(4)36-40-52-42(2)48/h5-40H2,1-4H3. The Kier molecular flexibility index (Phi) is 38.8. The Balaban J connectivity index is 3.30. The van der Waals surface area contributed by atoms with Crippen LogP contribution < -0.4 is 0 Å². The molecule has 0 fully saturated rings. The molecule has 0 aromatic rings. The first-order valence-corrected chi connectivity index (χ1v) is 22.2. The van der Waals surface area contributed by atoms with Crippen LogP contribution in [0.3, 0.4) is 0 Å². The van der Waals surface area contributed by atoms with Gasteiger partial charge in [-0.15, -0.1) is 0 Å². The van der Waals surface area contributed by atoms with Gasteiger partial charge in [-0.25, -0.2) is 0 Å². The fourth-order valence-corrected chi connectivity index (χ4v) is 6.47. The molecule has 0 aliphatic rings. The number of hydrogen-bond acceptors (Lipinski definition) is 10. The molecule has 0 aliphatic heterocycles. The van der Waals surface area contributed by atoms with Crippen LogP contribution in [0.1, 0.15) is 194 Å². The maximum Gasteiger partial charge on any atom is 0.305 e. The minimum atomic E-state index is -0.210. The molecule has 318 valence electrons. The van der Waals surface area contributed by atoms with Crippen molar-refractivity contribution in [2.24, 2.45) is 0 Å². The lowest BCUT2D eigenvalue weighted by atomic mass is 10.1. The number of ether oxygens (including phenoxy) is 4. The van der Waals surface area contributed by atoms with Crippen LogP contribution in [0.2, 0.25) is 0 Å². The average molecular weight is 769 g/mol. The van der Waals surface area contributed by atoms with E-state index in [1.165, 1.54) is 117 Å². The summed E-state index contributed by atoms with van der Waals surface area (Å²) in [6.45, 7) is 8.67. The molecular weight excluding hydrogens is 684 g/mol. The third kappa shape index (κ3) is 42.5. The van der Waals surface area contributed by atoms with Gasteiger partial charge in [0, 0.05) is 39.8 Å². The highest BCUT2D eigenvalue weighted by Crippen LogP contribution is 2.14. The predicted molar refractivity (Wildman–Crippen MR) is 219 cm³/mol. The van der Waals surface area contributed by atoms with Crippen LogP contribution in [-0.2, 0) is 38.1 Å². The van der Waals surface area contributed by atoms with Crippen molar-refractivity contribution in [1.29, 1.82) is 0 Å². The molecule has 0 rings (SSSR count). The van der Waals surface area contributed by atoms with Gasteiger partial charge in [0.25, 0.3) is 0 Å². The Morgan fingerprint density at radius 3 is 0.870 bits per heavy atom. The molecule has 0 saturated carbocycles. The fourth-order valence-electron chi connectivity index (χ4n) is 6.47. The number of carbonyl (C=O) groups excluding carboxylic acids is 4. The van der Waals surface area contributed by atoms with Gasteiger partial charge in [0.1, 0.15) is 13.2 Å². The van der Waals surface area contributed by atoms with E-state index in [9.17, 15) is 19.2 Å². The highest BCUT2D eigenvalue weighted by atomic mass is 16.5. The van der Waals surface area contributed by atoms with E-state index in [-0.39, 0.29) is 23.9 Å². The Labute approximate surface area is 331 Å². The van der Waals surface area contributed by atoms with Crippen molar-refractivity contribution in [2.45, 2.75) is 194 Å². The van der Waals surface area contributed by atoms with Crippen LogP contribution in [0.4, 0.5) is 0 Å². The van der Waals surface area contributed by atoms with Gasteiger partial charge in [-0.3, -0.25) is 19.2 Å². The normalized spacial score (nSPS) is 11.3.